The first-order chi connectivity index (χ1) is 12.5. The van der Waals surface area contributed by atoms with Gasteiger partial charge in [-0.15, -0.1) is 0 Å². The number of amides is 1. The smallest absolute Gasteiger partial charge is 0.271 e. The van der Waals surface area contributed by atoms with Crippen molar-refractivity contribution < 1.29 is 14.1 Å². The lowest BCUT2D eigenvalue weighted by Crippen LogP contribution is -2.14. The minimum absolute atomic E-state index is 0.159. The molecule has 7 heteroatoms. The first-order valence-electron chi connectivity index (χ1n) is 7.60. The molecule has 0 aliphatic rings. The van der Waals surface area contributed by atoms with E-state index in [-0.39, 0.29) is 16.4 Å². The third-order valence-electron chi connectivity index (χ3n) is 3.57. The van der Waals surface area contributed by atoms with Gasteiger partial charge in [0.25, 0.3) is 11.6 Å². The number of halogens is 1. The number of nitrogens with one attached hydrogen (secondary N) is 1. The molecule has 0 bridgehead atoms. The third-order valence-corrected chi connectivity index (χ3v) is 3.90. The van der Waals surface area contributed by atoms with Crippen molar-refractivity contribution in [1.82, 2.24) is 0 Å². The van der Waals surface area contributed by atoms with E-state index in [1.54, 1.807) is 42.5 Å². The SMILES string of the molecule is O=C(Nc1cc([N+](=O)[O-])ccc1Cl)/C(=C/c1ccco1)c1ccccc1. The molecule has 0 aliphatic carbocycles. The van der Waals surface area contributed by atoms with Crippen LogP contribution in [0.25, 0.3) is 11.6 Å². The number of hydrogen-bond donors (Lipinski definition) is 1. The quantitative estimate of drug-likeness (QED) is 0.389. The van der Waals surface area contributed by atoms with E-state index < -0.39 is 10.8 Å². The number of nitro benzene ring substituents is 1. The second-order valence-corrected chi connectivity index (χ2v) is 5.72. The van der Waals surface area contributed by atoms with Crippen LogP contribution in [0.1, 0.15) is 11.3 Å². The molecule has 6 nitrogen and oxygen atoms in total. The van der Waals surface area contributed by atoms with Crippen LogP contribution in [-0.4, -0.2) is 10.8 Å². The normalized spacial score (nSPS) is 11.2. The maximum Gasteiger partial charge on any atom is 0.271 e. The van der Waals surface area contributed by atoms with E-state index in [0.29, 0.717) is 16.9 Å². The number of non-ortho nitro benzene ring substituents is 1. The van der Waals surface area contributed by atoms with Gasteiger partial charge in [-0.2, -0.15) is 0 Å². The maximum absolute atomic E-state index is 12.8. The van der Waals surface area contributed by atoms with Crippen molar-refractivity contribution in [3.8, 4) is 0 Å². The van der Waals surface area contributed by atoms with E-state index >= 15 is 0 Å². The number of carbonyl (C=O) groups is 1. The van der Waals surface area contributed by atoms with Crippen molar-refractivity contribution in [3.63, 3.8) is 0 Å². The van der Waals surface area contributed by atoms with Crippen LogP contribution in [0, 0.1) is 10.1 Å². The van der Waals surface area contributed by atoms with Crippen molar-refractivity contribution in [2.75, 3.05) is 5.32 Å². The molecule has 0 spiro atoms. The Morgan fingerprint density at radius 1 is 1.12 bits per heavy atom. The predicted molar refractivity (Wildman–Crippen MR) is 99.8 cm³/mol. The Balaban J connectivity index is 1.97. The Bertz CT molecular complexity index is 966. The van der Waals surface area contributed by atoms with Crippen molar-refractivity contribution in [1.29, 1.82) is 0 Å². The lowest BCUT2D eigenvalue weighted by Gasteiger charge is -2.10. The van der Waals surface area contributed by atoms with Gasteiger partial charge in [0, 0.05) is 12.1 Å². The average molecular weight is 369 g/mol. The van der Waals surface area contributed by atoms with Crippen molar-refractivity contribution >= 4 is 40.5 Å². The fourth-order valence-electron chi connectivity index (χ4n) is 2.33. The highest BCUT2D eigenvalue weighted by atomic mass is 35.5. The lowest BCUT2D eigenvalue weighted by atomic mass is 10.0. The molecule has 0 saturated carbocycles. The molecule has 0 saturated heterocycles. The summed E-state index contributed by atoms with van der Waals surface area (Å²) in [6.07, 6.45) is 3.10. The summed E-state index contributed by atoms with van der Waals surface area (Å²) in [7, 11) is 0. The van der Waals surface area contributed by atoms with E-state index in [1.165, 1.54) is 24.5 Å². The number of hydrogen-bond acceptors (Lipinski definition) is 4. The van der Waals surface area contributed by atoms with Gasteiger partial charge in [-0.1, -0.05) is 41.9 Å². The number of nitro groups is 1. The third kappa shape index (κ3) is 3.99. The van der Waals surface area contributed by atoms with Crippen LogP contribution >= 0.6 is 11.6 Å². The van der Waals surface area contributed by atoms with Gasteiger partial charge in [-0.25, -0.2) is 0 Å². The zero-order valence-electron chi connectivity index (χ0n) is 13.4. The Hall–Kier alpha value is -3.38. The summed E-state index contributed by atoms with van der Waals surface area (Å²) in [5, 5.41) is 13.8. The van der Waals surface area contributed by atoms with Crippen LogP contribution < -0.4 is 5.32 Å². The fraction of sp³-hybridized carbons (Fsp3) is 0. The zero-order valence-corrected chi connectivity index (χ0v) is 14.1. The maximum atomic E-state index is 12.8. The predicted octanol–water partition coefficient (Wildman–Crippen LogP) is 5.02. The molecule has 3 rings (SSSR count). The molecule has 1 N–H and O–H groups in total. The highest BCUT2D eigenvalue weighted by molar-refractivity contribution is 6.35. The standard InChI is InChI=1S/C19H13ClN2O4/c20-17-9-8-14(22(24)25)11-18(17)21-19(23)16(12-15-7-4-10-26-15)13-5-2-1-3-6-13/h1-12H,(H,21,23)/b16-12+. The van der Waals surface area contributed by atoms with E-state index in [1.807, 2.05) is 6.07 Å². The first kappa shape index (κ1) is 17.4. The largest absolute Gasteiger partial charge is 0.465 e. The molecule has 26 heavy (non-hydrogen) atoms. The second kappa shape index (κ2) is 7.67. The molecular weight excluding hydrogens is 356 g/mol. The van der Waals surface area contributed by atoms with Crippen molar-refractivity contribution in [2.24, 2.45) is 0 Å². The van der Waals surface area contributed by atoms with Gasteiger partial charge in [0.2, 0.25) is 0 Å². The van der Waals surface area contributed by atoms with E-state index in [0.717, 1.165) is 0 Å². The average Bonchev–Trinajstić information content (AvgIpc) is 3.15. The van der Waals surface area contributed by atoms with Gasteiger partial charge < -0.3 is 9.73 Å². The summed E-state index contributed by atoms with van der Waals surface area (Å²) in [6.45, 7) is 0. The van der Waals surface area contributed by atoms with Gasteiger partial charge in [0.05, 0.1) is 27.5 Å². The van der Waals surface area contributed by atoms with E-state index in [2.05, 4.69) is 5.32 Å². The summed E-state index contributed by atoms with van der Waals surface area (Å²) in [6, 6.07) is 16.3. The summed E-state index contributed by atoms with van der Waals surface area (Å²) in [5.74, 6) is 0.0409. The highest BCUT2D eigenvalue weighted by Crippen LogP contribution is 2.28. The summed E-state index contributed by atoms with van der Waals surface area (Å²) < 4.78 is 5.29. The molecule has 0 radical (unpaired) electrons. The van der Waals surface area contributed by atoms with Gasteiger partial charge in [0.1, 0.15) is 5.76 Å². The number of carbonyl (C=O) groups excluding carboxylic acids is 1. The van der Waals surface area contributed by atoms with Gasteiger partial charge in [-0.3, -0.25) is 14.9 Å². The molecule has 0 aliphatic heterocycles. The minimum Gasteiger partial charge on any atom is -0.465 e. The van der Waals surface area contributed by atoms with Crippen LogP contribution in [0.5, 0.6) is 0 Å². The summed E-state index contributed by atoms with van der Waals surface area (Å²) >= 11 is 6.06. The molecule has 0 atom stereocenters. The molecule has 130 valence electrons. The topological polar surface area (TPSA) is 85.4 Å². The lowest BCUT2D eigenvalue weighted by molar-refractivity contribution is -0.384. The van der Waals surface area contributed by atoms with Crippen LogP contribution in [0.15, 0.2) is 71.3 Å². The van der Waals surface area contributed by atoms with Gasteiger partial charge >= 0.3 is 0 Å². The number of furan rings is 1. The number of anilines is 1. The van der Waals surface area contributed by atoms with Crippen LogP contribution in [0.4, 0.5) is 11.4 Å². The Morgan fingerprint density at radius 3 is 2.54 bits per heavy atom. The molecule has 2 aromatic carbocycles. The number of benzene rings is 2. The summed E-state index contributed by atoms with van der Waals surface area (Å²) in [4.78, 5) is 23.2. The minimum atomic E-state index is -0.553. The fourth-order valence-corrected chi connectivity index (χ4v) is 2.49. The molecule has 1 heterocycles. The molecular formula is C19H13ClN2O4. The van der Waals surface area contributed by atoms with Crippen LogP contribution in [0.3, 0.4) is 0 Å². The number of rotatable bonds is 5. The highest BCUT2D eigenvalue weighted by Gasteiger charge is 2.17. The van der Waals surface area contributed by atoms with Gasteiger partial charge in [-0.05, 0) is 29.8 Å². The van der Waals surface area contributed by atoms with E-state index in [9.17, 15) is 14.9 Å². The molecule has 1 amide bonds. The molecule has 3 aromatic rings. The Labute approximate surface area is 153 Å². The van der Waals surface area contributed by atoms with E-state index in [4.69, 9.17) is 16.0 Å². The van der Waals surface area contributed by atoms with Crippen LogP contribution in [0.2, 0.25) is 5.02 Å². The first-order valence-corrected chi connectivity index (χ1v) is 7.98. The molecule has 0 unspecified atom stereocenters. The molecule has 1 aromatic heterocycles. The van der Waals surface area contributed by atoms with Crippen LogP contribution in [-0.2, 0) is 4.79 Å². The second-order valence-electron chi connectivity index (χ2n) is 5.31. The van der Waals surface area contributed by atoms with Gasteiger partial charge in [0.15, 0.2) is 0 Å². The zero-order chi connectivity index (χ0) is 18.5. The van der Waals surface area contributed by atoms with Crippen molar-refractivity contribution in [2.45, 2.75) is 0 Å². The van der Waals surface area contributed by atoms with Crippen molar-refractivity contribution in [3.05, 3.63) is 93.4 Å². The monoisotopic (exact) mass is 368 g/mol. The Kier molecular flexibility index (Phi) is 5.15. The summed E-state index contributed by atoms with van der Waals surface area (Å²) in [5.41, 5.74) is 0.999. The molecule has 0 fully saturated rings. The number of nitrogens with zero attached hydrogens (tertiary/aromatic N) is 1. The Morgan fingerprint density at radius 2 is 1.88 bits per heavy atom.